The Morgan fingerprint density at radius 3 is 2.67 bits per heavy atom. The van der Waals surface area contributed by atoms with Crippen LogP contribution in [0.1, 0.15) is 51.4 Å². The molecule has 0 unspecified atom stereocenters. The van der Waals surface area contributed by atoms with Crippen molar-refractivity contribution < 1.29 is 0 Å². The van der Waals surface area contributed by atoms with E-state index >= 15 is 0 Å². The summed E-state index contributed by atoms with van der Waals surface area (Å²) in [6.07, 6.45) is 12.5. The van der Waals surface area contributed by atoms with Crippen LogP contribution in [0.25, 0.3) is 0 Å². The summed E-state index contributed by atoms with van der Waals surface area (Å²) in [6, 6.07) is 0. The Balaban J connectivity index is 1.98. The minimum absolute atomic E-state index is 1.18. The van der Waals surface area contributed by atoms with Gasteiger partial charge in [0.15, 0.2) is 0 Å². The van der Waals surface area contributed by atoms with Crippen LogP contribution < -0.4 is 0 Å². The minimum atomic E-state index is 1.18. The molecule has 0 aliphatic carbocycles. The van der Waals surface area contributed by atoms with Crippen LogP contribution in [0.3, 0.4) is 0 Å². The Hall–Kier alpha value is -0.720. The highest BCUT2D eigenvalue weighted by Gasteiger charge is 2.11. The average Bonchev–Trinajstić information content (AvgIpc) is 2.25. The van der Waals surface area contributed by atoms with Crippen LogP contribution in [0.5, 0.6) is 0 Å². The van der Waals surface area contributed by atoms with E-state index in [4.69, 9.17) is 0 Å². The van der Waals surface area contributed by atoms with Gasteiger partial charge in [-0.3, -0.25) is 0 Å². The molecule has 0 aromatic heterocycles. The molecular formula is C14H25N. The molecule has 0 bridgehead atoms. The number of hydrogen-bond donors (Lipinski definition) is 0. The van der Waals surface area contributed by atoms with Crippen LogP contribution in [-0.2, 0) is 0 Å². The Labute approximate surface area is 94.9 Å². The average molecular weight is 207 g/mol. The quantitative estimate of drug-likeness (QED) is 0.448. The van der Waals surface area contributed by atoms with Crippen molar-refractivity contribution in [1.29, 1.82) is 0 Å². The smallest absolute Gasteiger partial charge is 0.0174 e. The number of nitrogens with zero attached hydrogens (tertiary/aromatic N) is 1. The second-order valence-electron chi connectivity index (χ2n) is 4.50. The highest BCUT2D eigenvalue weighted by molar-refractivity contribution is 4.96. The van der Waals surface area contributed by atoms with Gasteiger partial charge in [0.25, 0.3) is 0 Å². The maximum absolute atomic E-state index is 4.14. The van der Waals surface area contributed by atoms with Crippen LogP contribution in [-0.4, -0.2) is 18.0 Å². The first kappa shape index (κ1) is 12.4. The predicted molar refractivity (Wildman–Crippen MR) is 67.8 cm³/mol. The molecule has 0 radical (unpaired) electrons. The maximum atomic E-state index is 4.14. The topological polar surface area (TPSA) is 3.24 Å². The fourth-order valence-corrected chi connectivity index (χ4v) is 2.16. The zero-order valence-corrected chi connectivity index (χ0v) is 10.0. The number of hydrogen-bond acceptors (Lipinski definition) is 1. The van der Waals surface area contributed by atoms with Gasteiger partial charge in [0.2, 0.25) is 0 Å². The van der Waals surface area contributed by atoms with Crippen LogP contribution in [0.15, 0.2) is 24.9 Å². The molecule has 0 N–H and O–H groups in total. The Morgan fingerprint density at radius 1 is 1.13 bits per heavy atom. The molecule has 0 aromatic carbocycles. The first-order chi connectivity index (χ1) is 7.34. The lowest BCUT2D eigenvalue weighted by atomic mass is 10.1. The molecular weight excluding hydrogens is 182 g/mol. The second-order valence-corrected chi connectivity index (χ2v) is 4.50. The molecule has 1 rings (SSSR count). The Kier molecular flexibility index (Phi) is 6.22. The molecule has 0 saturated carbocycles. The van der Waals surface area contributed by atoms with Crippen molar-refractivity contribution in [1.82, 2.24) is 4.90 Å². The summed E-state index contributed by atoms with van der Waals surface area (Å²) in [5, 5.41) is 0. The van der Waals surface area contributed by atoms with E-state index in [0.29, 0.717) is 0 Å². The van der Waals surface area contributed by atoms with Gasteiger partial charge < -0.3 is 4.90 Å². The van der Waals surface area contributed by atoms with E-state index in [2.05, 4.69) is 18.1 Å². The van der Waals surface area contributed by atoms with Crippen LogP contribution in [0, 0.1) is 0 Å². The fraction of sp³-hybridized carbons (Fsp3) is 0.714. The number of rotatable bonds is 7. The molecule has 1 heterocycles. The molecule has 0 atom stereocenters. The summed E-state index contributed by atoms with van der Waals surface area (Å²) in [5.74, 6) is 0. The van der Waals surface area contributed by atoms with Gasteiger partial charge in [0.05, 0.1) is 0 Å². The van der Waals surface area contributed by atoms with Gasteiger partial charge in [-0.25, -0.2) is 0 Å². The van der Waals surface area contributed by atoms with Gasteiger partial charge in [0.1, 0.15) is 0 Å². The molecule has 1 heteroatoms. The molecule has 0 spiro atoms. The number of likely N-dealkylation sites (tertiary alicyclic amines) is 1. The summed E-state index contributed by atoms with van der Waals surface area (Å²) in [7, 11) is 0. The third-order valence-electron chi connectivity index (χ3n) is 3.18. The maximum Gasteiger partial charge on any atom is 0.0174 e. The molecule has 15 heavy (non-hydrogen) atoms. The highest BCUT2D eigenvalue weighted by atomic mass is 15.1. The van der Waals surface area contributed by atoms with Crippen LogP contribution >= 0.6 is 0 Å². The molecule has 1 nitrogen and oxygen atoms in total. The van der Waals surface area contributed by atoms with Crippen molar-refractivity contribution in [2.45, 2.75) is 51.4 Å². The third kappa shape index (κ3) is 5.06. The second kappa shape index (κ2) is 7.56. The van der Waals surface area contributed by atoms with Gasteiger partial charge in [-0.2, -0.15) is 0 Å². The van der Waals surface area contributed by atoms with Crippen LogP contribution in [0.4, 0.5) is 0 Å². The molecule has 86 valence electrons. The predicted octanol–water partition coefficient (Wildman–Crippen LogP) is 4.12. The molecule has 1 aliphatic rings. The lowest BCUT2D eigenvalue weighted by molar-refractivity contribution is 0.285. The molecule has 0 aromatic rings. The first-order valence-corrected chi connectivity index (χ1v) is 6.38. The van der Waals surface area contributed by atoms with Gasteiger partial charge in [-0.15, -0.1) is 6.58 Å². The SMILES string of the molecule is C=CCCCCCCN1CCCCC1=C. The monoisotopic (exact) mass is 207 g/mol. The van der Waals surface area contributed by atoms with E-state index in [1.807, 2.05) is 6.08 Å². The summed E-state index contributed by atoms with van der Waals surface area (Å²) >= 11 is 0. The lowest BCUT2D eigenvalue weighted by Crippen LogP contribution is -2.28. The summed E-state index contributed by atoms with van der Waals surface area (Å²) < 4.78 is 0. The zero-order chi connectivity index (χ0) is 10.9. The van der Waals surface area contributed by atoms with Gasteiger partial charge >= 0.3 is 0 Å². The molecule has 1 fully saturated rings. The van der Waals surface area contributed by atoms with Crippen molar-refractivity contribution in [3.63, 3.8) is 0 Å². The van der Waals surface area contributed by atoms with Crippen LogP contribution in [0.2, 0.25) is 0 Å². The molecule has 1 saturated heterocycles. The number of unbranched alkanes of at least 4 members (excludes halogenated alkanes) is 4. The largest absolute Gasteiger partial charge is 0.375 e. The molecule has 0 amide bonds. The summed E-state index contributed by atoms with van der Waals surface area (Å²) in [5.41, 5.74) is 1.37. The number of piperidine rings is 1. The minimum Gasteiger partial charge on any atom is -0.375 e. The van der Waals surface area contributed by atoms with Crippen molar-refractivity contribution in [2.24, 2.45) is 0 Å². The summed E-state index contributed by atoms with van der Waals surface area (Å²) in [6.45, 7) is 10.3. The van der Waals surface area contributed by atoms with Gasteiger partial charge in [-0.1, -0.05) is 25.5 Å². The summed E-state index contributed by atoms with van der Waals surface area (Å²) in [4.78, 5) is 2.48. The normalized spacial score (nSPS) is 16.8. The Bertz CT molecular complexity index is 196. The zero-order valence-electron chi connectivity index (χ0n) is 10.0. The first-order valence-electron chi connectivity index (χ1n) is 6.38. The van der Waals surface area contributed by atoms with E-state index in [0.717, 1.165) is 0 Å². The fourth-order valence-electron chi connectivity index (χ4n) is 2.16. The molecule has 1 aliphatic heterocycles. The third-order valence-corrected chi connectivity index (χ3v) is 3.18. The van der Waals surface area contributed by atoms with Crippen molar-refractivity contribution in [3.8, 4) is 0 Å². The highest BCUT2D eigenvalue weighted by Crippen LogP contribution is 2.19. The standard InChI is InChI=1S/C14H25N/c1-3-4-5-6-7-9-12-15-13-10-8-11-14(15)2/h3H,1-2,4-13H2. The van der Waals surface area contributed by atoms with E-state index in [9.17, 15) is 0 Å². The van der Waals surface area contributed by atoms with E-state index in [1.54, 1.807) is 0 Å². The van der Waals surface area contributed by atoms with E-state index in [-0.39, 0.29) is 0 Å². The van der Waals surface area contributed by atoms with Crippen molar-refractivity contribution in [2.75, 3.05) is 13.1 Å². The van der Waals surface area contributed by atoms with Crippen molar-refractivity contribution in [3.05, 3.63) is 24.9 Å². The Morgan fingerprint density at radius 2 is 1.93 bits per heavy atom. The van der Waals surface area contributed by atoms with Gasteiger partial charge in [0, 0.05) is 18.8 Å². The van der Waals surface area contributed by atoms with E-state index < -0.39 is 0 Å². The number of allylic oxidation sites excluding steroid dienone is 2. The van der Waals surface area contributed by atoms with Gasteiger partial charge in [-0.05, 0) is 38.5 Å². The lowest BCUT2D eigenvalue weighted by Gasteiger charge is -2.30. The van der Waals surface area contributed by atoms with Crippen molar-refractivity contribution >= 4 is 0 Å². The van der Waals surface area contributed by atoms with E-state index in [1.165, 1.54) is 70.2 Å².